The minimum atomic E-state index is -0.273. The van der Waals surface area contributed by atoms with Crippen molar-refractivity contribution < 1.29 is 9.53 Å². The van der Waals surface area contributed by atoms with Gasteiger partial charge in [0.25, 0.3) is 0 Å². The van der Waals surface area contributed by atoms with Gasteiger partial charge in [0.2, 0.25) is 5.91 Å². The Kier molecular flexibility index (Phi) is 4.10. The maximum atomic E-state index is 12.1. The van der Waals surface area contributed by atoms with Crippen LogP contribution < -0.4 is 15.4 Å². The largest absolute Gasteiger partial charge is 0.493 e. The van der Waals surface area contributed by atoms with Crippen LogP contribution in [0.5, 0.6) is 5.75 Å². The third-order valence-electron chi connectivity index (χ3n) is 3.48. The average Bonchev–Trinajstić information content (AvgIpc) is 3.15. The molecule has 0 bridgehead atoms. The van der Waals surface area contributed by atoms with Crippen molar-refractivity contribution in [3.05, 3.63) is 46.2 Å². The van der Waals surface area contributed by atoms with E-state index in [0.29, 0.717) is 6.54 Å². The SMILES string of the molecule is C[C@@H](Nc1ccc2c(c1)CCO2)C(=O)NCc1cccs1. The first kappa shape index (κ1) is 13.9. The minimum absolute atomic E-state index is 0.000137. The minimum Gasteiger partial charge on any atom is -0.493 e. The lowest BCUT2D eigenvalue weighted by atomic mass is 10.1. The van der Waals surface area contributed by atoms with Gasteiger partial charge in [0, 0.05) is 17.0 Å². The maximum Gasteiger partial charge on any atom is 0.242 e. The van der Waals surface area contributed by atoms with Crippen molar-refractivity contribution in [2.45, 2.75) is 25.9 Å². The van der Waals surface area contributed by atoms with Crippen LogP contribution in [-0.2, 0) is 17.8 Å². The lowest BCUT2D eigenvalue weighted by Crippen LogP contribution is -2.37. The summed E-state index contributed by atoms with van der Waals surface area (Å²) < 4.78 is 5.48. The molecular weight excluding hydrogens is 284 g/mol. The summed E-state index contributed by atoms with van der Waals surface area (Å²) in [6.07, 6.45) is 0.934. The van der Waals surface area contributed by atoms with E-state index in [1.807, 2.05) is 36.6 Å². The van der Waals surface area contributed by atoms with E-state index in [1.165, 1.54) is 5.56 Å². The molecule has 1 atom stereocenters. The van der Waals surface area contributed by atoms with Gasteiger partial charge in [-0.25, -0.2) is 0 Å². The second-order valence-electron chi connectivity index (χ2n) is 5.08. The number of hydrogen-bond donors (Lipinski definition) is 2. The number of carbonyl (C=O) groups is 1. The van der Waals surface area contributed by atoms with Crippen molar-refractivity contribution in [2.75, 3.05) is 11.9 Å². The quantitative estimate of drug-likeness (QED) is 0.893. The smallest absolute Gasteiger partial charge is 0.242 e. The number of anilines is 1. The highest BCUT2D eigenvalue weighted by Gasteiger charge is 2.15. The van der Waals surface area contributed by atoms with Crippen LogP contribution in [0.25, 0.3) is 0 Å². The third kappa shape index (κ3) is 3.36. The first-order valence-electron chi connectivity index (χ1n) is 7.05. The van der Waals surface area contributed by atoms with Gasteiger partial charge in [0.15, 0.2) is 0 Å². The molecule has 3 rings (SSSR count). The summed E-state index contributed by atoms with van der Waals surface area (Å²) in [5.74, 6) is 0.954. The second kappa shape index (κ2) is 6.18. The van der Waals surface area contributed by atoms with Crippen molar-refractivity contribution in [3.8, 4) is 5.75 Å². The zero-order valence-corrected chi connectivity index (χ0v) is 12.7. The Morgan fingerprint density at radius 1 is 1.43 bits per heavy atom. The molecule has 5 heteroatoms. The van der Waals surface area contributed by atoms with Crippen LogP contribution >= 0.6 is 11.3 Å². The number of amides is 1. The third-order valence-corrected chi connectivity index (χ3v) is 4.36. The number of rotatable bonds is 5. The van der Waals surface area contributed by atoms with E-state index in [2.05, 4.69) is 16.7 Å². The normalized spacial score (nSPS) is 14.1. The Balaban J connectivity index is 1.55. The maximum absolute atomic E-state index is 12.1. The van der Waals surface area contributed by atoms with Gasteiger partial charge in [-0.15, -0.1) is 11.3 Å². The van der Waals surface area contributed by atoms with Gasteiger partial charge in [-0.1, -0.05) is 6.07 Å². The fraction of sp³-hybridized carbons (Fsp3) is 0.312. The summed E-state index contributed by atoms with van der Waals surface area (Å²) in [4.78, 5) is 13.2. The molecule has 21 heavy (non-hydrogen) atoms. The average molecular weight is 302 g/mol. The number of fused-ring (bicyclic) bond motifs is 1. The van der Waals surface area contributed by atoms with Crippen molar-refractivity contribution in [1.29, 1.82) is 0 Å². The summed E-state index contributed by atoms with van der Waals surface area (Å²) in [5, 5.41) is 8.19. The summed E-state index contributed by atoms with van der Waals surface area (Å²) >= 11 is 1.65. The van der Waals surface area contributed by atoms with Gasteiger partial charge >= 0.3 is 0 Å². The topological polar surface area (TPSA) is 50.4 Å². The molecule has 0 radical (unpaired) electrons. The Morgan fingerprint density at radius 3 is 3.14 bits per heavy atom. The molecule has 1 amide bonds. The standard InChI is InChI=1S/C16H18N2O2S/c1-11(16(19)17-10-14-3-2-8-21-14)18-13-4-5-15-12(9-13)6-7-20-15/h2-5,8-9,11,18H,6-7,10H2,1H3,(H,17,19)/t11-/m1/s1. The molecule has 1 aliphatic rings. The van der Waals surface area contributed by atoms with E-state index in [1.54, 1.807) is 11.3 Å². The molecule has 0 unspecified atom stereocenters. The monoisotopic (exact) mass is 302 g/mol. The van der Waals surface area contributed by atoms with Gasteiger partial charge < -0.3 is 15.4 Å². The first-order chi connectivity index (χ1) is 10.2. The highest BCUT2D eigenvalue weighted by molar-refractivity contribution is 7.09. The summed E-state index contributed by atoms with van der Waals surface area (Å²) in [5.41, 5.74) is 2.16. The Hall–Kier alpha value is -2.01. The zero-order chi connectivity index (χ0) is 14.7. The van der Waals surface area contributed by atoms with Crippen molar-refractivity contribution >= 4 is 22.9 Å². The highest BCUT2D eigenvalue weighted by atomic mass is 32.1. The predicted octanol–water partition coefficient (Wildman–Crippen LogP) is 2.80. The molecule has 1 aliphatic heterocycles. The summed E-state index contributed by atoms with van der Waals surface area (Å²) in [6.45, 7) is 3.20. The first-order valence-corrected chi connectivity index (χ1v) is 7.93. The molecule has 0 saturated carbocycles. The summed E-state index contributed by atoms with van der Waals surface area (Å²) in [7, 11) is 0. The molecular formula is C16H18N2O2S. The Morgan fingerprint density at radius 2 is 2.33 bits per heavy atom. The van der Waals surface area contributed by atoms with Gasteiger partial charge in [-0.2, -0.15) is 0 Å². The van der Waals surface area contributed by atoms with E-state index in [4.69, 9.17) is 4.74 Å². The molecule has 0 fully saturated rings. The lowest BCUT2D eigenvalue weighted by Gasteiger charge is -2.15. The highest BCUT2D eigenvalue weighted by Crippen LogP contribution is 2.28. The predicted molar refractivity (Wildman–Crippen MR) is 84.9 cm³/mol. The number of hydrogen-bond acceptors (Lipinski definition) is 4. The van der Waals surface area contributed by atoms with E-state index < -0.39 is 0 Å². The van der Waals surface area contributed by atoms with E-state index >= 15 is 0 Å². The fourth-order valence-electron chi connectivity index (χ4n) is 2.33. The van der Waals surface area contributed by atoms with Crippen LogP contribution in [0.2, 0.25) is 0 Å². The van der Waals surface area contributed by atoms with Crippen LogP contribution in [0.4, 0.5) is 5.69 Å². The van der Waals surface area contributed by atoms with Crippen LogP contribution in [0.1, 0.15) is 17.4 Å². The molecule has 0 aliphatic carbocycles. The molecule has 1 aromatic carbocycles. The van der Waals surface area contributed by atoms with Crippen molar-refractivity contribution in [2.24, 2.45) is 0 Å². The molecule has 0 spiro atoms. The number of benzene rings is 1. The molecule has 1 aromatic heterocycles. The van der Waals surface area contributed by atoms with Crippen LogP contribution in [0.15, 0.2) is 35.7 Å². The number of ether oxygens (including phenoxy) is 1. The molecule has 2 N–H and O–H groups in total. The van der Waals surface area contributed by atoms with E-state index in [0.717, 1.165) is 29.3 Å². The number of nitrogens with one attached hydrogen (secondary N) is 2. The second-order valence-corrected chi connectivity index (χ2v) is 6.12. The summed E-state index contributed by atoms with van der Waals surface area (Å²) in [6, 6.07) is 9.70. The van der Waals surface area contributed by atoms with Crippen molar-refractivity contribution in [1.82, 2.24) is 5.32 Å². The Bertz CT molecular complexity index is 625. The van der Waals surface area contributed by atoms with Crippen molar-refractivity contribution in [3.63, 3.8) is 0 Å². The molecule has 110 valence electrons. The van der Waals surface area contributed by atoms with E-state index in [-0.39, 0.29) is 11.9 Å². The van der Waals surface area contributed by atoms with Gasteiger partial charge in [0.05, 0.1) is 13.2 Å². The lowest BCUT2D eigenvalue weighted by molar-refractivity contribution is -0.121. The molecule has 2 aromatic rings. The zero-order valence-electron chi connectivity index (χ0n) is 11.9. The van der Waals surface area contributed by atoms with Crippen LogP contribution in [0, 0.1) is 0 Å². The van der Waals surface area contributed by atoms with Gasteiger partial charge in [-0.3, -0.25) is 4.79 Å². The Labute approximate surface area is 128 Å². The number of carbonyl (C=O) groups excluding carboxylic acids is 1. The van der Waals surface area contributed by atoms with E-state index in [9.17, 15) is 4.79 Å². The molecule has 2 heterocycles. The number of thiophene rings is 1. The molecule has 0 saturated heterocycles. The van der Waals surface area contributed by atoms with Gasteiger partial charge in [0.1, 0.15) is 11.8 Å². The van der Waals surface area contributed by atoms with Gasteiger partial charge in [-0.05, 0) is 42.1 Å². The van der Waals surface area contributed by atoms with Crippen LogP contribution in [0.3, 0.4) is 0 Å². The molecule has 4 nitrogen and oxygen atoms in total. The fourth-order valence-corrected chi connectivity index (χ4v) is 2.98. The van der Waals surface area contributed by atoms with Crippen LogP contribution in [-0.4, -0.2) is 18.6 Å².